The maximum absolute atomic E-state index is 11.2. The van der Waals surface area contributed by atoms with Crippen molar-refractivity contribution in [3.8, 4) is 5.69 Å². The molecule has 0 amide bonds. The van der Waals surface area contributed by atoms with Crippen LogP contribution < -0.4 is 0 Å². The molecular formula is C14H19N3O. The summed E-state index contributed by atoms with van der Waals surface area (Å²) in [6.45, 7) is 7.52. The molecule has 0 aliphatic rings. The summed E-state index contributed by atoms with van der Waals surface area (Å²) in [4.78, 5) is 12.7. The number of benzene rings is 1. The number of para-hydroxylation sites is 1. The van der Waals surface area contributed by atoms with E-state index in [4.69, 9.17) is 0 Å². The van der Waals surface area contributed by atoms with Gasteiger partial charge in [0, 0.05) is 6.92 Å². The van der Waals surface area contributed by atoms with E-state index in [9.17, 15) is 4.79 Å². The molecule has 18 heavy (non-hydrogen) atoms. The number of aryl methyl sites for hydroxylation is 1. The van der Waals surface area contributed by atoms with Crippen molar-refractivity contribution < 1.29 is 4.79 Å². The first kappa shape index (κ1) is 14.1. The summed E-state index contributed by atoms with van der Waals surface area (Å²) in [5, 5.41) is 8.32. The highest BCUT2D eigenvalue weighted by Gasteiger charge is 2.11. The molecular weight excluding hydrogens is 226 g/mol. The molecule has 4 nitrogen and oxygen atoms in total. The lowest BCUT2D eigenvalue weighted by Crippen LogP contribution is -2.00. The number of ketones is 1. The van der Waals surface area contributed by atoms with E-state index in [2.05, 4.69) is 24.0 Å². The van der Waals surface area contributed by atoms with Crippen LogP contribution in [-0.4, -0.2) is 20.8 Å². The molecule has 2 rings (SSSR count). The molecule has 96 valence electrons. The minimum absolute atomic E-state index is 0.0605. The molecule has 4 heteroatoms. The van der Waals surface area contributed by atoms with E-state index in [1.54, 1.807) is 6.92 Å². The molecule has 1 heterocycles. The van der Waals surface area contributed by atoms with Crippen LogP contribution in [0.15, 0.2) is 30.3 Å². The molecule has 2 aromatic rings. The van der Waals surface area contributed by atoms with Crippen molar-refractivity contribution in [1.82, 2.24) is 15.0 Å². The molecule has 0 spiro atoms. The van der Waals surface area contributed by atoms with Crippen molar-refractivity contribution >= 4 is 5.78 Å². The predicted molar refractivity (Wildman–Crippen MR) is 72.1 cm³/mol. The maximum Gasteiger partial charge on any atom is 0.181 e. The zero-order valence-electron chi connectivity index (χ0n) is 11.3. The Morgan fingerprint density at radius 2 is 1.72 bits per heavy atom. The highest BCUT2D eigenvalue weighted by atomic mass is 16.1. The van der Waals surface area contributed by atoms with Crippen LogP contribution in [0.1, 0.15) is 43.4 Å². The first-order valence-corrected chi connectivity index (χ1v) is 6.10. The summed E-state index contributed by atoms with van der Waals surface area (Å²) in [6.07, 6.45) is 1.25. The van der Waals surface area contributed by atoms with E-state index >= 15 is 0 Å². The van der Waals surface area contributed by atoms with Crippen molar-refractivity contribution in [2.75, 3.05) is 0 Å². The Morgan fingerprint density at radius 3 is 2.17 bits per heavy atom. The van der Waals surface area contributed by atoms with Crippen LogP contribution in [0.5, 0.6) is 0 Å². The Kier molecular flexibility index (Phi) is 5.24. The van der Waals surface area contributed by atoms with Crippen LogP contribution in [-0.2, 0) is 0 Å². The number of rotatable bonds is 2. The fraction of sp³-hybridized carbons (Fsp3) is 0.357. The van der Waals surface area contributed by atoms with Gasteiger partial charge in [0.1, 0.15) is 0 Å². The Balaban J connectivity index is 0.000000492. The molecule has 0 bridgehead atoms. The monoisotopic (exact) mass is 245 g/mol. The molecule has 0 fully saturated rings. The molecule has 1 aromatic heterocycles. The summed E-state index contributed by atoms with van der Waals surface area (Å²) in [5.74, 6) is -0.0605. The number of Topliss-reactive ketones (excluding diaryl/α,β-unsaturated/α-hetero) is 1. The van der Waals surface area contributed by atoms with E-state index < -0.39 is 0 Å². The van der Waals surface area contributed by atoms with Gasteiger partial charge in [-0.2, -0.15) is 9.90 Å². The zero-order valence-corrected chi connectivity index (χ0v) is 11.3. The third kappa shape index (κ3) is 3.52. The summed E-state index contributed by atoms with van der Waals surface area (Å²) >= 11 is 0. The van der Waals surface area contributed by atoms with Gasteiger partial charge in [0.2, 0.25) is 0 Å². The second-order valence-corrected chi connectivity index (χ2v) is 4.02. The van der Waals surface area contributed by atoms with Gasteiger partial charge in [-0.15, -0.1) is 5.10 Å². The van der Waals surface area contributed by atoms with Crippen molar-refractivity contribution in [2.24, 2.45) is 0 Å². The lowest BCUT2D eigenvalue weighted by Gasteiger charge is -1.96. The number of carbonyl (C=O) groups is 1. The normalized spacial score (nSPS) is 9.56. The molecule has 0 radical (unpaired) electrons. The van der Waals surface area contributed by atoms with Crippen molar-refractivity contribution in [3.05, 3.63) is 41.7 Å². The largest absolute Gasteiger partial charge is 0.293 e. The molecule has 0 saturated carbocycles. The number of nitrogens with zero attached hydrogens (tertiary/aromatic N) is 3. The molecule has 0 aliphatic heterocycles. The second-order valence-electron chi connectivity index (χ2n) is 4.02. The van der Waals surface area contributed by atoms with Crippen LogP contribution in [0.3, 0.4) is 0 Å². The Labute approximate surface area is 108 Å². The third-order valence-corrected chi connectivity index (χ3v) is 2.10. The van der Waals surface area contributed by atoms with Gasteiger partial charge in [0.25, 0.3) is 0 Å². The molecule has 0 atom stereocenters. The number of carbonyl (C=O) groups excluding carboxylic acids is 1. The van der Waals surface area contributed by atoms with Crippen LogP contribution in [0, 0.1) is 6.92 Å². The van der Waals surface area contributed by atoms with Gasteiger partial charge in [-0.1, -0.05) is 38.5 Å². The third-order valence-electron chi connectivity index (χ3n) is 2.10. The van der Waals surface area contributed by atoms with E-state index in [-0.39, 0.29) is 5.78 Å². The van der Waals surface area contributed by atoms with Crippen LogP contribution >= 0.6 is 0 Å². The Morgan fingerprint density at radius 1 is 1.17 bits per heavy atom. The molecule has 0 N–H and O–H groups in total. The van der Waals surface area contributed by atoms with E-state index in [1.807, 2.05) is 30.3 Å². The number of aromatic nitrogens is 3. The summed E-state index contributed by atoms with van der Waals surface area (Å²) in [7, 11) is 0. The predicted octanol–water partition coefficient (Wildman–Crippen LogP) is 3.19. The minimum Gasteiger partial charge on any atom is -0.293 e. The van der Waals surface area contributed by atoms with E-state index in [0.29, 0.717) is 11.4 Å². The lowest BCUT2D eigenvalue weighted by atomic mass is 10.3. The van der Waals surface area contributed by atoms with Gasteiger partial charge < -0.3 is 0 Å². The molecule has 0 aliphatic carbocycles. The van der Waals surface area contributed by atoms with Gasteiger partial charge in [-0.3, -0.25) is 4.79 Å². The summed E-state index contributed by atoms with van der Waals surface area (Å²) < 4.78 is 0. The van der Waals surface area contributed by atoms with E-state index in [1.165, 1.54) is 18.1 Å². The molecule has 0 unspecified atom stereocenters. The first-order chi connectivity index (χ1) is 8.60. The number of hydrogen-bond donors (Lipinski definition) is 0. The lowest BCUT2D eigenvalue weighted by molar-refractivity contribution is 0.101. The van der Waals surface area contributed by atoms with Gasteiger partial charge >= 0.3 is 0 Å². The van der Waals surface area contributed by atoms with Crippen LogP contribution in [0.25, 0.3) is 5.69 Å². The molecule has 0 saturated heterocycles. The van der Waals surface area contributed by atoms with Crippen LogP contribution in [0.2, 0.25) is 0 Å². The zero-order chi connectivity index (χ0) is 13.5. The van der Waals surface area contributed by atoms with Gasteiger partial charge in [0.15, 0.2) is 11.5 Å². The van der Waals surface area contributed by atoms with E-state index in [0.717, 1.165) is 5.69 Å². The Hall–Kier alpha value is -1.97. The summed E-state index contributed by atoms with van der Waals surface area (Å²) in [6, 6.07) is 9.52. The first-order valence-electron chi connectivity index (χ1n) is 6.10. The smallest absolute Gasteiger partial charge is 0.181 e. The minimum atomic E-state index is -0.0605. The number of hydrogen-bond acceptors (Lipinski definition) is 3. The average Bonchev–Trinajstić information content (AvgIpc) is 2.74. The van der Waals surface area contributed by atoms with Crippen molar-refractivity contribution in [3.63, 3.8) is 0 Å². The SMILES string of the molecule is CC(=O)c1nn(-c2ccccc2)nc1C.CCC. The quantitative estimate of drug-likeness (QED) is 0.763. The van der Waals surface area contributed by atoms with Crippen LogP contribution in [0.4, 0.5) is 0 Å². The van der Waals surface area contributed by atoms with Gasteiger partial charge in [-0.05, 0) is 19.1 Å². The highest BCUT2D eigenvalue weighted by Crippen LogP contribution is 2.08. The average molecular weight is 245 g/mol. The van der Waals surface area contributed by atoms with Crippen molar-refractivity contribution in [1.29, 1.82) is 0 Å². The second kappa shape index (κ2) is 6.69. The fourth-order valence-corrected chi connectivity index (χ4v) is 1.38. The Bertz CT molecular complexity index is 503. The highest BCUT2D eigenvalue weighted by molar-refractivity contribution is 5.92. The summed E-state index contributed by atoms with van der Waals surface area (Å²) in [5.41, 5.74) is 1.94. The van der Waals surface area contributed by atoms with Gasteiger partial charge in [0.05, 0.1) is 11.4 Å². The van der Waals surface area contributed by atoms with Crippen molar-refractivity contribution in [2.45, 2.75) is 34.1 Å². The maximum atomic E-state index is 11.2. The molecule has 1 aromatic carbocycles. The standard InChI is InChI=1S/C11H11N3O.C3H8/c1-8-11(9(2)15)13-14(12-8)10-6-4-3-5-7-10;1-3-2/h3-7H,1-2H3;3H2,1-2H3. The topological polar surface area (TPSA) is 47.8 Å². The fourth-order valence-electron chi connectivity index (χ4n) is 1.38. The van der Waals surface area contributed by atoms with Gasteiger partial charge in [-0.25, -0.2) is 0 Å².